The van der Waals surface area contributed by atoms with Crippen molar-refractivity contribution < 1.29 is 0 Å². The molecular weight excluding hydrogens is 477 g/mol. The minimum Gasteiger partial charge on any atom is -0.355 e. The summed E-state index contributed by atoms with van der Waals surface area (Å²) in [6.07, 6.45) is 2.52. The van der Waals surface area contributed by atoms with Crippen molar-refractivity contribution in [3.63, 3.8) is 0 Å². The number of likely N-dealkylation sites (tertiary alicyclic amines) is 1. The molecule has 29 heavy (non-hydrogen) atoms. The molecule has 0 spiro atoms. The lowest BCUT2D eigenvalue weighted by molar-refractivity contribution is 0.267. The molecule has 1 unspecified atom stereocenters. The van der Waals surface area contributed by atoms with Gasteiger partial charge in [-0.2, -0.15) is 0 Å². The molecule has 1 saturated heterocycles. The van der Waals surface area contributed by atoms with Crippen molar-refractivity contribution in [3.8, 4) is 0 Å². The molecule has 0 saturated carbocycles. The zero-order valence-electron chi connectivity index (χ0n) is 18.0. The molecule has 0 aliphatic carbocycles. The Morgan fingerprint density at radius 2 is 1.93 bits per heavy atom. The van der Waals surface area contributed by atoms with E-state index < -0.39 is 0 Å². The van der Waals surface area contributed by atoms with E-state index in [1.54, 1.807) is 0 Å². The molecule has 2 heterocycles. The Hall–Kier alpha value is -1.68. The third-order valence-electron chi connectivity index (χ3n) is 5.55. The predicted molar refractivity (Wildman–Crippen MR) is 129 cm³/mol. The van der Waals surface area contributed by atoms with Gasteiger partial charge in [-0.25, -0.2) is 4.99 Å². The Kier molecular flexibility index (Phi) is 9.35. The number of guanidine groups is 1. The van der Waals surface area contributed by atoms with Gasteiger partial charge in [-0.1, -0.05) is 36.8 Å². The van der Waals surface area contributed by atoms with Crippen LogP contribution >= 0.6 is 24.0 Å². The lowest BCUT2D eigenvalue weighted by Gasteiger charge is -2.24. The van der Waals surface area contributed by atoms with Crippen LogP contribution in [0.15, 0.2) is 29.3 Å². The summed E-state index contributed by atoms with van der Waals surface area (Å²) in [4.78, 5) is 7.34. The predicted octanol–water partition coefficient (Wildman–Crippen LogP) is 2.77. The zero-order valence-corrected chi connectivity index (χ0v) is 20.3. The average molecular weight is 511 g/mol. The molecule has 1 aliphatic heterocycles. The van der Waals surface area contributed by atoms with Gasteiger partial charge in [0.05, 0.1) is 13.1 Å². The van der Waals surface area contributed by atoms with Crippen LogP contribution in [0, 0.1) is 13.8 Å². The van der Waals surface area contributed by atoms with Gasteiger partial charge < -0.3 is 15.2 Å². The van der Waals surface area contributed by atoms with E-state index in [9.17, 15) is 0 Å². The van der Waals surface area contributed by atoms with Gasteiger partial charge in [0.2, 0.25) is 0 Å². The molecule has 8 heteroatoms. The monoisotopic (exact) mass is 511 g/mol. The Morgan fingerprint density at radius 1 is 1.17 bits per heavy atom. The summed E-state index contributed by atoms with van der Waals surface area (Å²) in [6.45, 7) is 10.8. The molecule has 160 valence electrons. The van der Waals surface area contributed by atoms with E-state index in [-0.39, 0.29) is 24.0 Å². The summed E-state index contributed by atoms with van der Waals surface area (Å²) in [5.41, 5.74) is 2.47. The summed E-state index contributed by atoms with van der Waals surface area (Å²) in [5, 5.41) is 15.3. The van der Waals surface area contributed by atoms with Crippen LogP contribution in [0.3, 0.4) is 0 Å². The lowest BCUT2D eigenvalue weighted by atomic mass is 10.1. The second-order valence-corrected chi connectivity index (χ2v) is 7.53. The molecule has 1 aliphatic rings. The minimum atomic E-state index is 0. The fraction of sp³-hybridized carbons (Fsp3) is 0.571. The normalized spacial score (nSPS) is 17.2. The van der Waals surface area contributed by atoms with Crippen LogP contribution in [0.5, 0.6) is 0 Å². The number of aromatic nitrogens is 3. The number of likely N-dealkylation sites (N-methyl/N-ethyl adjacent to an activating group) is 1. The minimum absolute atomic E-state index is 0. The molecule has 1 aromatic carbocycles. The number of halogens is 1. The average Bonchev–Trinajstić information content (AvgIpc) is 3.29. The van der Waals surface area contributed by atoms with Crippen molar-refractivity contribution in [2.75, 3.05) is 19.6 Å². The smallest absolute Gasteiger partial charge is 0.192 e. The van der Waals surface area contributed by atoms with Gasteiger partial charge in [0.25, 0.3) is 0 Å². The largest absolute Gasteiger partial charge is 0.355 e. The van der Waals surface area contributed by atoms with Crippen LogP contribution < -0.4 is 10.6 Å². The first kappa shape index (κ1) is 23.6. The van der Waals surface area contributed by atoms with Crippen LogP contribution in [-0.2, 0) is 20.1 Å². The van der Waals surface area contributed by atoms with E-state index in [2.05, 4.69) is 63.8 Å². The van der Waals surface area contributed by atoms with Gasteiger partial charge in [0.15, 0.2) is 11.8 Å². The molecule has 3 rings (SSSR count). The van der Waals surface area contributed by atoms with E-state index in [1.165, 1.54) is 30.5 Å². The maximum absolute atomic E-state index is 4.81. The zero-order chi connectivity index (χ0) is 19.9. The van der Waals surface area contributed by atoms with E-state index in [4.69, 9.17) is 4.99 Å². The summed E-state index contributed by atoms with van der Waals surface area (Å²) in [7, 11) is 1.99. The van der Waals surface area contributed by atoms with Crippen molar-refractivity contribution >= 4 is 29.9 Å². The van der Waals surface area contributed by atoms with Crippen molar-refractivity contribution in [1.82, 2.24) is 30.3 Å². The van der Waals surface area contributed by atoms with Crippen LogP contribution in [-0.4, -0.2) is 51.3 Å². The maximum Gasteiger partial charge on any atom is 0.192 e. The third kappa shape index (κ3) is 6.67. The molecule has 2 aromatic rings. The highest BCUT2D eigenvalue weighted by Gasteiger charge is 2.22. The molecule has 1 atom stereocenters. The molecule has 0 radical (unpaired) electrons. The number of rotatable bonds is 7. The van der Waals surface area contributed by atoms with Crippen molar-refractivity contribution in [2.45, 2.75) is 52.7 Å². The summed E-state index contributed by atoms with van der Waals surface area (Å²) < 4.78 is 2.00. The number of hydrogen-bond donors (Lipinski definition) is 2. The Labute approximate surface area is 191 Å². The fourth-order valence-electron chi connectivity index (χ4n) is 3.56. The van der Waals surface area contributed by atoms with Gasteiger partial charge in [-0.3, -0.25) is 4.90 Å². The fourth-order valence-corrected chi connectivity index (χ4v) is 3.56. The number of aliphatic imine (C=N–C) groups is 1. The second-order valence-electron chi connectivity index (χ2n) is 7.53. The highest BCUT2D eigenvalue weighted by atomic mass is 127. The Balaban J connectivity index is 0.00000300. The molecule has 0 bridgehead atoms. The molecule has 2 N–H and O–H groups in total. The van der Waals surface area contributed by atoms with Gasteiger partial charge in [0, 0.05) is 19.6 Å². The second kappa shape index (κ2) is 11.5. The van der Waals surface area contributed by atoms with E-state index in [1.807, 2.05) is 18.5 Å². The first-order valence-corrected chi connectivity index (χ1v) is 10.2. The van der Waals surface area contributed by atoms with Gasteiger partial charge in [0.1, 0.15) is 5.82 Å². The van der Waals surface area contributed by atoms with Crippen molar-refractivity contribution in [1.29, 1.82) is 0 Å². The van der Waals surface area contributed by atoms with Crippen LogP contribution in [0.4, 0.5) is 0 Å². The van der Waals surface area contributed by atoms with Crippen LogP contribution in [0.25, 0.3) is 0 Å². The highest BCUT2D eigenvalue weighted by Crippen LogP contribution is 2.15. The third-order valence-corrected chi connectivity index (χ3v) is 5.55. The molecule has 1 aromatic heterocycles. The van der Waals surface area contributed by atoms with Gasteiger partial charge in [-0.05, 0) is 45.3 Å². The van der Waals surface area contributed by atoms with Crippen molar-refractivity contribution in [2.24, 2.45) is 12.0 Å². The molecule has 7 nitrogen and oxygen atoms in total. The quantitative estimate of drug-likeness (QED) is 0.340. The van der Waals surface area contributed by atoms with Crippen molar-refractivity contribution in [3.05, 3.63) is 47.0 Å². The number of hydrogen-bond acceptors (Lipinski definition) is 4. The number of aryl methyl sites for hydroxylation is 2. The Morgan fingerprint density at radius 3 is 2.59 bits per heavy atom. The Bertz CT molecular complexity index is 785. The SMILES string of the molecule is CCN1CCCC1CNC(=NCc1ccc(C)cc1)NCc1nnc(C)n1C.I. The summed E-state index contributed by atoms with van der Waals surface area (Å²) >= 11 is 0. The topological polar surface area (TPSA) is 70.4 Å². The van der Waals surface area contributed by atoms with Crippen LogP contribution in [0.2, 0.25) is 0 Å². The summed E-state index contributed by atoms with van der Waals surface area (Å²) in [5.74, 6) is 2.63. The van der Waals surface area contributed by atoms with Gasteiger partial charge in [-0.15, -0.1) is 34.2 Å². The first-order chi connectivity index (χ1) is 13.6. The highest BCUT2D eigenvalue weighted by molar-refractivity contribution is 14.0. The van der Waals surface area contributed by atoms with Gasteiger partial charge >= 0.3 is 0 Å². The van der Waals surface area contributed by atoms with Crippen LogP contribution in [0.1, 0.15) is 42.5 Å². The number of benzene rings is 1. The van der Waals surface area contributed by atoms with E-state index in [0.29, 0.717) is 19.1 Å². The molecule has 0 amide bonds. The number of nitrogens with one attached hydrogen (secondary N) is 2. The maximum atomic E-state index is 4.81. The lowest BCUT2D eigenvalue weighted by Crippen LogP contribution is -2.44. The standard InChI is InChI=1S/C21H33N7.HI/c1-5-28-12-6-7-19(28)14-23-21(22-13-18-10-8-16(2)9-11-18)24-15-20-26-25-17(3)27(20)4;/h8-11,19H,5-7,12-15H2,1-4H3,(H2,22,23,24);1H. The molecule has 1 fully saturated rings. The number of nitrogens with zero attached hydrogens (tertiary/aromatic N) is 5. The molecular formula is C21H34IN7. The first-order valence-electron chi connectivity index (χ1n) is 10.2. The van der Waals surface area contributed by atoms with E-state index in [0.717, 1.165) is 30.7 Å². The summed E-state index contributed by atoms with van der Waals surface area (Å²) in [6, 6.07) is 9.11. The van der Waals surface area contributed by atoms with E-state index >= 15 is 0 Å².